The van der Waals surface area contributed by atoms with Gasteiger partial charge in [-0.25, -0.2) is 4.39 Å². The van der Waals surface area contributed by atoms with Gasteiger partial charge in [0.1, 0.15) is 11.6 Å². The topological polar surface area (TPSA) is 89.0 Å². The third kappa shape index (κ3) is 4.15. The van der Waals surface area contributed by atoms with Crippen molar-refractivity contribution in [3.8, 4) is 11.5 Å². The summed E-state index contributed by atoms with van der Waals surface area (Å²) in [4.78, 5) is 31.5. The van der Waals surface area contributed by atoms with E-state index in [4.69, 9.17) is 9.47 Å². The number of aliphatic hydroxyl groups is 1. The minimum atomic E-state index is -0.918. The number of ketones is 1. The van der Waals surface area contributed by atoms with Crippen LogP contribution in [-0.4, -0.2) is 40.9 Å². The van der Waals surface area contributed by atoms with Crippen molar-refractivity contribution >= 4 is 17.4 Å². The fourth-order valence-corrected chi connectivity index (χ4v) is 3.86. The second-order valence-electron chi connectivity index (χ2n) is 7.41. The Bertz CT molecular complexity index is 1230. The third-order valence-corrected chi connectivity index (χ3v) is 5.46. The Morgan fingerprint density at radius 3 is 2.42 bits per heavy atom. The summed E-state index contributed by atoms with van der Waals surface area (Å²) in [5.74, 6) is -1.62. The lowest BCUT2D eigenvalue weighted by Crippen LogP contribution is -2.29. The van der Waals surface area contributed by atoms with Crippen LogP contribution in [0.1, 0.15) is 22.7 Å². The van der Waals surface area contributed by atoms with Gasteiger partial charge in [-0.05, 0) is 47.5 Å². The number of halogens is 1. The van der Waals surface area contributed by atoms with Crippen LogP contribution >= 0.6 is 0 Å². The van der Waals surface area contributed by atoms with Crippen molar-refractivity contribution in [1.29, 1.82) is 0 Å². The molecule has 1 aliphatic rings. The van der Waals surface area contributed by atoms with Crippen LogP contribution in [0.15, 0.2) is 72.6 Å². The summed E-state index contributed by atoms with van der Waals surface area (Å²) >= 11 is 0. The van der Waals surface area contributed by atoms with E-state index in [9.17, 15) is 19.1 Å². The molecule has 1 amide bonds. The Kier molecular flexibility index (Phi) is 6.08. The van der Waals surface area contributed by atoms with Crippen LogP contribution in [0, 0.1) is 5.82 Å². The standard InChI is InChI=1S/C25H21FN2O5/c1-32-19-10-7-17(12-20(19)33-2)23(29)21-22(16-5-8-18(26)9-6-16)28(25(31)24(21)30)14-15-4-3-11-27-13-15/h3-13,22,29H,14H2,1-2H3/t22-/m1/s1. The summed E-state index contributed by atoms with van der Waals surface area (Å²) in [6.45, 7) is 0.0865. The summed E-state index contributed by atoms with van der Waals surface area (Å²) in [7, 11) is 2.93. The smallest absolute Gasteiger partial charge is 0.295 e. The first kappa shape index (κ1) is 22.0. The minimum absolute atomic E-state index is 0.0865. The van der Waals surface area contributed by atoms with Gasteiger partial charge in [-0.3, -0.25) is 14.6 Å². The lowest BCUT2D eigenvalue weighted by Gasteiger charge is -2.25. The third-order valence-electron chi connectivity index (χ3n) is 5.46. The van der Waals surface area contributed by atoms with Crippen LogP contribution in [0.2, 0.25) is 0 Å². The van der Waals surface area contributed by atoms with Crippen molar-refractivity contribution in [3.05, 3.63) is 95.1 Å². The zero-order chi connectivity index (χ0) is 23.5. The van der Waals surface area contributed by atoms with Crippen molar-refractivity contribution in [3.63, 3.8) is 0 Å². The Balaban J connectivity index is 1.86. The van der Waals surface area contributed by atoms with Crippen LogP contribution in [0.25, 0.3) is 5.76 Å². The zero-order valence-corrected chi connectivity index (χ0v) is 18.0. The maximum Gasteiger partial charge on any atom is 0.295 e. The number of hydrogen-bond donors (Lipinski definition) is 1. The molecule has 168 valence electrons. The number of ether oxygens (including phenoxy) is 2. The number of nitrogens with zero attached hydrogens (tertiary/aromatic N) is 2. The molecular formula is C25H21FN2O5. The lowest BCUT2D eigenvalue weighted by molar-refractivity contribution is -0.140. The van der Waals surface area contributed by atoms with Crippen molar-refractivity contribution in [2.24, 2.45) is 0 Å². The Hall–Kier alpha value is -4.20. The second kappa shape index (κ2) is 9.12. The SMILES string of the molecule is COc1ccc(C(O)=C2C(=O)C(=O)N(Cc3cccnc3)[C@@H]2c2ccc(F)cc2)cc1OC. The van der Waals surface area contributed by atoms with E-state index in [2.05, 4.69) is 4.98 Å². The summed E-state index contributed by atoms with van der Waals surface area (Å²) < 4.78 is 24.1. The van der Waals surface area contributed by atoms with Gasteiger partial charge in [-0.15, -0.1) is 0 Å². The number of carbonyl (C=O) groups is 2. The van der Waals surface area contributed by atoms with E-state index in [1.54, 1.807) is 36.7 Å². The van der Waals surface area contributed by atoms with Crippen molar-refractivity contribution in [2.45, 2.75) is 12.6 Å². The van der Waals surface area contributed by atoms with Crippen molar-refractivity contribution in [2.75, 3.05) is 14.2 Å². The van der Waals surface area contributed by atoms with Gasteiger partial charge in [0.25, 0.3) is 11.7 Å². The number of amides is 1. The van der Waals surface area contributed by atoms with Gasteiger partial charge >= 0.3 is 0 Å². The van der Waals surface area contributed by atoms with Crippen molar-refractivity contribution < 1.29 is 28.6 Å². The van der Waals surface area contributed by atoms with Gasteiger partial charge in [0, 0.05) is 24.5 Å². The molecule has 1 atom stereocenters. The molecule has 0 bridgehead atoms. The first-order valence-electron chi connectivity index (χ1n) is 10.1. The van der Waals surface area contributed by atoms with Crippen molar-refractivity contribution in [1.82, 2.24) is 9.88 Å². The molecule has 8 heteroatoms. The Labute approximate surface area is 189 Å². The molecule has 0 unspecified atom stereocenters. The summed E-state index contributed by atoms with van der Waals surface area (Å²) in [6, 6.07) is 12.7. The van der Waals surface area contributed by atoms with E-state index >= 15 is 0 Å². The minimum Gasteiger partial charge on any atom is -0.507 e. The number of hydrogen-bond acceptors (Lipinski definition) is 6. The molecule has 3 aromatic rings. The fraction of sp³-hybridized carbons (Fsp3) is 0.160. The summed E-state index contributed by atoms with van der Waals surface area (Å²) in [5, 5.41) is 11.2. The summed E-state index contributed by atoms with van der Waals surface area (Å²) in [5.41, 5.74) is 1.38. The second-order valence-corrected chi connectivity index (χ2v) is 7.41. The predicted molar refractivity (Wildman–Crippen MR) is 118 cm³/mol. The fourth-order valence-electron chi connectivity index (χ4n) is 3.86. The maximum atomic E-state index is 13.6. The van der Waals surface area contributed by atoms with Crippen LogP contribution < -0.4 is 9.47 Å². The molecule has 1 fully saturated rings. The summed E-state index contributed by atoms with van der Waals surface area (Å²) in [6.07, 6.45) is 3.20. The number of pyridine rings is 1. The number of benzene rings is 2. The molecule has 4 rings (SSSR count). The van der Waals surface area contributed by atoms with Gasteiger partial charge in [0.05, 0.1) is 25.8 Å². The number of Topliss-reactive ketones (excluding diaryl/α,β-unsaturated/α-hetero) is 1. The maximum absolute atomic E-state index is 13.6. The van der Waals surface area contributed by atoms with Gasteiger partial charge in [-0.1, -0.05) is 18.2 Å². The molecule has 2 heterocycles. The monoisotopic (exact) mass is 448 g/mol. The number of aromatic nitrogens is 1. The highest BCUT2D eigenvalue weighted by Crippen LogP contribution is 2.41. The molecule has 2 aromatic carbocycles. The lowest BCUT2D eigenvalue weighted by atomic mass is 9.95. The van der Waals surface area contributed by atoms with Gasteiger partial charge in [0.2, 0.25) is 0 Å². The van der Waals surface area contributed by atoms with Gasteiger partial charge in [0.15, 0.2) is 11.5 Å². The molecule has 0 spiro atoms. The predicted octanol–water partition coefficient (Wildman–Crippen LogP) is 3.86. The molecule has 1 aromatic heterocycles. The van der Waals surface area contributed by atoms with E-state index in [1.807, 2.05) is 0 Å². The largest absolute Gasteiger partial charge is 0.507 e. The van der Waals surface area contributed by atoms with Crippen LogP contribution in [0.5, 0.6) is 11.5 Å². The molecule has 0 radical (unpaired) electrons. The van der Waals surface area contributed by atoms with Crippen LogP contribution in [0.4, 0.5) is 4.39 Å². The molecule has 1 saturated heterocycles. The highest BCUT2D eigenvalue weighted by molar-refractivity contribution is 6.46. The first-order valence-corrected chi connectivity index (χ1v) is 10.1. The molecule has 0 aliphatic carbocycles. The number of rotatable bonds is 6. The molecular weight excluding hydrogens is 427 g/mol. The van der Waals surface area contributed by atoms with Crippen LogP contribution in [0.3, 0.4) is 0 Å². The molecule has 1 N–H and O–H groups in total. The number of aliphatic hydroxyl groups excluding tert-OH is 1. The van der Waals surface area contributed by atoms with E-state index in [-0.39, 0.29) is 23.4 Å². The quantitative estimate of drug-likeness (QED) is 0.350. The van der Waals surface area contributed by atoms with E-state index in [0.29, 0.717) is 22.6 Å². The Morgan fingerprint density at radius 2 is 1.79 bits per heavy atom. The van der Waals surface area contributed by atoms with E-state index < -0.39 is 23.5 Å². The molecule has 1 aliphatic heterocycles. The first-order chi connectivity index (χ1) is 15.9. The average molecular weight is 448 g/mol. The van der Waals surface area contributed by atoms with E-state index in [0.717, 1.165) is 0 Å². The Morgan fingerprint density at radius 1 is 1.06 bits per heavy atom. The normalized spacial score (nSPS) is 17.3. The zero-order valence-electron chi connectivity index (χ0n) is 18.0. The van der Waals surface area contributed by atoms with E-state index in [1.165, 1.54) is 49.5 Å². The molecule has 7 nitrogen and oxygen atoms in total. The number of methoxy groups -OCH3 is 2. The molecule has 33 heavy (non-hydrogen) atoms. The van der Waals surface area contributed by atoms with Gasteiger partial charge < -0.3 is 19.5 Å². The molecule has 0 saturated carbocycles. The highest BCUT2D eigenvalue weighted by atomic mass is 19.1. The van der Waals surface area contributed by atoms with Crippen LogP contribution in [-0.2, 0) is 16.1 Å². The van der Waals surface area contributed by atoms with Gasteiger partial charge in [-0.2, -0.15) is 0 Å². The number of likely N-dealkylation sites (tertiary alicyclic amines) is 1. The average Bonchev–Trinajstić information content (AvgIpc) is 3.09. The number of carbonyl (C=O) groups excluding carboxylic acids is 2. The highest BCUT2D eigenvalue weighted by Gasteiger charge is 2.46.